The second-order valence-corrected chi connectivity index (χ2v) is 18.5. The summed E-state index contributed by atoms with van der Waals surface area (Å²) in [5, 5.41) is 1.22. The highest BCUT2D eigenvalue weighted by atomic mass is 32.2. The average Bonchev–Trinajstić information content (AvgIpc) is 3.82. The van der Waals surface area contributed by atoms with Gasteiger partial charge in [0.25, 0.3) is 20.0 Å². The quantitative estimate of drug-likeness (QED) is 0.189. The maximum absolute atomic E-state index is 15.1. The number of Topliss-reactive ketones (excluding diaryl/α,β-unsaturated/α-hetero) is 1. The van der Waals surface area contributed by atoms with Gasteiger partial charge in [-0.05, 0) is 61.6 Å². The van der Waals surface area contributed by atoms with Gasteiger partial charge in [0.1, 0.15) is 5.78 Å². The first-order valence-corrected chi connectivity index (χ1v) is 21.8. The number of pyridine rings is 2. The van der Waals surface area contributed by atoms with Crippen LogP contribution in [-0.2, 0) is 24.8 Å². The summed E-state index contributed by atoms with van der Waals surface area (Å²) in [6, 6.07) is 20.2. The lowest BCUT2D eigenvalue weighted by molar-refractivity contribution is -0.121. The summed E-state index contributed by atoms with van der Waals surface area (Å²) in [5.74, 6) is -1.80. The second kappa shape index (κ2) is 14.8. The molecule has 0 radical (unpaired) electrons. The Morgan fingerprint density at radius 1 is 0.554 bits per heavy atom. The van der Waals surface area contributed by atoms with E-state index in [2.05, 4.69) is 43.7 Å². The van der Waals surface area contributed by atoms with Gasteiger partial charge in [0, 0.05) is 111 Å². The fourth-order valence-electron chi connectivity index (χ4n) is 8.01. The van der Waals surface area contributed by atoms with Crippen molar-refractivity contribution in [2.75, 3.05) is 76.3 Å². The zero-order valence-corrected chi connectivity index (χ0v) is 33.6. The molecule has 0 bridgehead atoms. The first-order valence-electron chi connectivity index (χ1n) is 18.9. The highest BCUT2D eigenvalue weighted by molar-refractivity contribution is 7.90. The topological polar surface area (TPSA) is 134 Å². The molecule has 0 spiro atoms. The van der Waals surface area contributed by atoms with Gasteiger partial charge in [0.2, 0.25) is 0 Å². The van der Waals surface area contributed by atoms with E-state index in [9.17, 15) is 16.8 Å². The van der Waals surface area contributed by atoms with Gasteiger partial charge in [0.15, 0.2) is 11.3 Å². The molecular weight excluding hydrogens is 749 g/mol. The Balaban J connectivity index is 1.28. The molecule has 2 aliphatic heterocycles. The highest BCUT2D eigenvalue weighted by Gasteiger charge is 2.35. The number of piperazine rings is 2. The van der Waals surface area contributed by atoms with Crippen molar-refractivity contribution in [3.05, 3.63) is 109 Å². The van der Waals surface area contributed by atoms with Gasteiger partial charge in [-0.1, -0.05) is 50.2 Å². The van der Waals surface area contributed by atoms with Crippen molar-refractivity contribution >= 4 is 59.3 Å². The van der Waals surface area contributed by atoms with Crippen molar-refractivity contribution in [3.8, 4) is 0 Å². The van der Waals surface area contributed by atoms with Crippen molar-refractivity contribution in [2.45, 2.75) is 35.5 Å². The van der Waals surface area contributed by atoms with Gasteiger partial charge in [-0.3, -0.25) is 4.79 Å². The Hall–Kier alpha value is -5.09. The van der Waals surface area contributed by atoms with E-state index in [1.54, 1.807) is 99.3 Å². The van der Waals surface area contributed by atoms with Crippen LogP contribution in [0, 0.1) is 0 Å². The zero-order chi connectivity index (χ0) is 39.4. The third kappa shape index (κ3) is 6.55. The summed E-state index contributed by atoms with van der Waals surface area (Å²) >= 11 is 0. The molecule has 0 N–H and O–H groups in total. The molecule has 56 heavy (non-hydrogen) atoms. The van der Waals surface area contributed by atoms with Crippen molar-refractivity contribution in [1.29, 1.82) is 0 Å². The lowest BCUT2D eigenvalue weighted by Crippen LogP contribution is -2.44. The smallest absolute Gasteiger partial charge is 0.269 e. The van der Waals surface area contributed by atoms with Crippen molar-refractivity contribution in [2.24, 2.45) is 0 Å². The molecule has 6 aromatic rings. The molecule has 2 atom stereocenters. The third-order valence-corrected chi connectivity index (χ3v) is 14.7. The molecule has 13 nitrogen and oxygen atoms in total. The number of fused-ring (bicyclic) bond motifs is 2. The van der Waals surface area contributed by atoms with Crippen LogP contribution < -0.4 is 9.80 Å². The molecule has 8 rings (SSSR count). The molecule has 0 saturated carbocycles. The first-order chi connectivity index (χ1) is 26.9. The fourth-order valence-corrected chi connectivity index (χ4v) is 10.7. The Labute approximate surface area is 327 Å². The SMILES string of the molecule is CC(C(=O)C(C)c1cn(S(=O)(=O)c2ccccc2)c2nccc(N3CCN(C)CC3)c12)c1cn(S(=O)(=O)c2ccccc2)c2nccc(N3CCN(C)CC3)c12. The average molecular weight is 795 g/mol. The highest BCUT2D eigenvalue weighted by Crippen LogP contribution is 2.42. The molecular formula is C41H46N8O5S2. The van der Waals surface area contributed by atoms with Crippen LogP contribution in [0.2, 0.25) is 0 Å². The predicted molar refractivity (Wildman–Crippen MR) is 219 cm³/mol. The molecule has 2 fully saturated rings. The van der Waals surface area contributed by atoms with E-state index in [0.717, 1.165) is 63.7 Å². The number of rotatable bonds is 10. The van der Waals surface area contributed by atoms with Crippen LogP contribution in [0.25, 0.3) is 22.1 Å². The molecule has 0 aliphatic carbocycles. The predicted octanol–water partition coefficient (Wildman–Crippen LogP) is 4.84. The van der Waals surface area contributed by atoms with E-state index >= 15 is 4.79 Å². The number of carbonyl (C=O) groups excluding carboxylic acids is 1. The molecule has 0 amide bonds. The number of nitrogens with zero attached hydrogens (tertiary/aromatic N) is 8. The van der Waals surface area contributed by atoms with Crippen LogP contribution in [0.3, 0.4) is 0 Å². The largest absolute Gasteiger partial charge is 0.368 e. The minimum atomic E-state index is -4.09. The number of aromatic nitrogens is 4. The standard InChI is InChI=1S/C41H46N8O5S2/c1-29(33-27-48(55(51,52)31-11-7-5-8-12-31)40-37(33)35(15-17-42-40)46-23-19-44(3)20-24-46)39(50)30(2)34-28-49(56(53,54)32-13-9-6-10-14-32)41-38(34)36(16-18-43-41)47-25-21-45(4)22-26-47/h5-18,27-30H,19-26H2,1-4H3. The second-order valence-electron chi connectivity index (χ2n) is 14.9. The van der Waals surface area contributed by atoms with Gasteiger partial charge in [-0.2, -0.15) is 0 Å². The lowest BCUT2D eigenvalue weighted by atomic mass is 9.85. The number of hydrogen-bond acceptors (Lipinski definition) is 11. The summed E-state index contributed by atoms with van der Waals surface area (Å²) in [4.78, 5) is 33.5. The van der Waals surface area contributed by atoms with Crippen LogP contribution >= 0.6 is 0 Å². The van der Waals surface area contributed by atoms with E-state index in [1.807, 2.05) is 12.1 Å². The number of ketones is 1. The Kier molecular flexibility index (Phi) is 9.97. The van der Waals surface area contributed by atoms with Gasteiger partial charge in [0.05, 0.1) is 9.79 Å². The Morgan fingerprint density at radius 3 is 1.27 bits per heavy atom. The molecule has 6 heterocycles. The number of carbonyl (C=O) groups is 1. The maximum Gasteiger partial charge on any atom is 0.269 e. The van der Waals surface area contributed by atoms with Crippen molar-refractivity contribution < 1.29 is 21.6 Å². The van der Waals surface area contributed by atoms with Gasteiger partial charge in [-0.15, -0.1) is 0 Å². The van der Waals surface area contributed by atoms with Crippen LogP contribution in [-0.4, -0.2) is 117 Å². The molecule has 15 heteroatoms. The van der Waals surface area contributed by atoms with Gasteiger partial charge in [-0.25, -0.2) is 34.7 Å². The number of hydrogen-bond donors (Lipinski definition) is 0. The van der Waals surface area contributed by atoms with E-state index in [0.29, 0.717) is 21.9 Å². The van der Waals surface area contributed by atoms with Crippen LogP contribution in [0.1, 0.15) is 36.8 Å². The third-order valence-electron chi connectivity index (χ3n) is 11.4. The Morgan fingerprint density at radius 2 is 0.911 bits per heavy atom. The number of benzene rings is 2. The van der Waals surface area contributed by atoms with Crippen LogP contribution in [0.5, 0.6) is 0 Å². The number of anilines is 2. The van der Waals surface area contributed by atoms with Crippen LogP contribution in [0.4, 0.5) is 11.4 Å². The monoisotopic (exact) mass is 794 g/mol. The molecule has 2 unspecified atom stereocenters. The van der Waals surface area contributed by atoms with Gasteiger partial charge >= 0.3 is 0 Å². The number of likely N-dealkylation sites (N-methyl/N-ethyl adjacent to an activating group) is 2. The lowest BCUT2D eigenvalue weighted by Gasteiger charge is -2.34. The first kappa shape index (κ1) is 37.8. The van der Waals surface area contributed by atoms with Crippen molar-refractivity contribution in [1.82, 2.24) is 27.7 Å². The fraction of sp³-hybridized carbons (Fsp3) is 0.341. The molecule has 292 valence electrons. The summed E-state index contributed by atoms with van der Waals surface area (Å²) < 4.78 is 59.4. The van der Waals surface area contributed by atoms with E-state index < -0.39 is 31.9 Å². The van der Waals surface area contributed by atoms with E-state index in [-0.39, 0.29) is 26.9 Å². The zero-order valence-electron chi connectivity index (χ0n) is 32.0. The maximum atomic E-state index is 15.1. The molecule has 2 aliphatic rings. The summed E-state index contributed by atoms with van der Waals surface area (Å²) in [7, 11) is -4.04. The molecule has 2 saturated heterocycles. The minimum absolute atomic E-state index is 0.110. The summed E-state index contributed by atoms with van der Waals surface area (Å²) in [5.41, 5.74) is 3.21. The molecule has 4 aromatic heterocycles. The van der Waals surface area contributed by atoms with Crippen molar-refractivity contribution in [3.63, 3.8) is 0 Å². The molecule has 2 aromatic carbocycles. The minimum Gasteiger partial charge on any atom is -0.368 e. The van der Waals surface area contributed by atoms with Gasteiger partial charge < -0.3 is 19.6 Å². The van der Waals surface area contributed by atoms with Crippen LogP contribution in [0.15, 0.2) is 107 Å². The summed E-state index contributed by atoms with van der Waals surface area (Å²) in [6.07, 6.45) is 6.35. The summed E-state index contributed by atoms with van der Waals surface area (Å²) in [6.45, 7) is 9.80. The van der Waals surface area contributed by atoms with E-state index in [1.165, 1.54) is 7.94 Å². The Bertz CT molecular complexity index is 2450. The van der Waals surface area contributed by atoms with E-state index in [4.69, 9.17) is 0 Å². The normalized spacial score (nSPS) is 17.4.